The lowest BCUT2D eigenvalue weighted by Crippen LogP contribution is -2.37. The number of carbonyl (C=O) groups excluding carboxylic acids is 2. The summed E-state index contributed by atoms with van der Waals surface area (Å²) >= 11 is 0. The molecule has 0 unspecified atom stereocenters. The molecule has 0 atom stereocenters. The first kappa shape index (κ1) is 34.0. The molecule has 4 aromatic rings. The summed E-state index contributed by atoms with van der Waals surface area (Å²) in [5.74, 6) is -1.41. The maximum atomic E-state index is 14.2. The summed E-state index contributed by atoms with van der Waals surface area (Å²) in [6.45, 7) is 2.64. The number of nitrogens with zero attached hydrogens (tertiary/aromatic N) is 6. The number of amides is 1. The van der Waals surface area contributed by atoms with Gasteiger partial charge in [0.15, 0.2) is 12.3 Å². The van der Waals surface area contributed by atoms with E-state index in [4.69, 9.17) is 14.2 Å². The van der Waals surface area contributed by atoms with E-state index in [1.165, 1.54) is 12.3 Å². The second-order valence-corrected chi connectivity index (χ2v) is 12.5. The number of halogens is 3. The second-order valence-electron chi connectivity index (χ2n) is 12.5. The fourth-order valence-electron chi connectivity index (χ4n) is 6.42. The van der Waals surface area contributed by atoms with Crippen LogP contribution in [0.2, 0.25) is 0 Å². The third-order valence-corrected chi connectivity index (χ3v) is 8.77. The summed E-state index contributed by atoms with van der Waals surface area (Å²) in [6, 6.07) is 4.08. The fourth-order valence-corrected chi connectivity index (χ4v) is 6.42. The van der Waals surface area contributed by atoms with E-state index < -0.39 is 30.2 Å². The van der Waals surface area contributed by atoms with Gasteiger partial charge in [0, 0.05) is 49.9 Å². The van der Waals surface area contributed by atoms with Gasteiger partial charge in [-0.3, -0.25) is 15.1 Å². The minimum Gasteiger partial charge on any atom is -0.466 e. The van der Waals surface area contributed by atoms with Crippen LogP contribution in [0.15, 0.2) is 30.7 Å². The lowest BCUT2D eigenvalue weighted by Gasteiger charge is -2.34. The Bertz CT molecular complexity index is 1840. The topological polar surface area (TPSA) is 157 Å². The third-order valence-electron chi connectivity index (χ3n) is 8.77. The van der Waals surface area contributed by atoms with Gasteiger partial charge in [-0.25, -0.2) is 19.7 Å². The maximum Gasteiger partial charge on any atom is 0.418 e. The van der Waals surface area contributed by atoms with Gasteiger partial charge in [0.25, 0.3) is 5.91 Å². The van der Waals surface area contributed by atoms with E-state index in [0.717, 1.165) is 38.1 Å². The van der Waals surface area contributed by atoms with Crippen molar-refractivity contribution < 1.29 is 37.0 Å². The monoisotopic (exact) mass is 682 g/mol. The van der Waals surface area contributed by atoms with Gasteiger partial charge >= 0.3 is 12.1 Å². The average molecular weight is 683 g/mol. The SMILES string of the molecule is CCOC(=O)COc1cc(C(=O)Nc2nc3nc(-c4cnc(C5CC5)c(C(F)(F)F)c4)cc(N(C)CC4(COC)CCCC4)c3[nH]2)ncn1. The first-order valence-corrected chi connectivity index (χ1v) is 16.1. The zero-order chi connectivity index (χ0) is 34.8. The summed E-state index contributed by atoms with van der Waals surface area (Å²) in [5, 5.41) is 2.66. The molecule has 1 amide bonds. The van der Waals surface area contributed by atoms with Crippen molar-refractivity contribution in [3.05, 3.63) is 47.7 Å². The number of esters is 1. The van der Waals surface area contributed by atoms with Crippen molar-refractivity contribution in [2.45, 2.75) is 57.5 Å². The van der Waals surface area contributed by atoms with E-state index in [0.29, 0.717) is 37.2 Å². The van der Waals surface area contributed by atoms with Gasteiger partial charge in [-0.2, -0.15) is 18.2 Å². The molecule has 260 valence electrons. The number of hydrogen-bond acceptors (Lipinski definition) is 11. The van der Waals surface area contributed by atoms with Crippen LogP contribution < -0.4 is 15.0 Å². The van der Waals surface area contributed by atoms with Crippen LogP contribution in [0.25, 0.3) is 22.4 Å². The van der Waals surface area contributed by atoms with E-state index in [-0.39, 0.29) is 58.1 Å². The zero-order valence-electron chi connectivity index (χ0n) is 27.4. The highest BCUT2D eigenvalue weighted by atomic mass is 19.4. The third kappa shape index (κ3) is 7.74. The number of anilines is 2. The Morgan fingerprint density at radius 3 is 2.57 bits per heavy atom. The Hall–Kier alpha value is -4.86. The number of fused-ring (bicyclic) bond motifs is 1. The van der Waals surface area contributed by atoms with Crippen molar-refractivity contribution in [3.63, 3.8) is 0 Å². The molecule has 4 aromatic heterocycles. The number of ether oxygens (including phenoxy) is 3. The van der Waals surface area contributed by atoms with Gasteiger partial charge in [0.1, 0.15) is 17.5 Å². The lowest BCUT2D eigenvalue weighted by molar-refractivity contribution is -0.145. The molecule has 49 heavy (non-hydrogen) atoms. The van der Waals surface area contributed by atoms with Crippen LogP contribution in [0, 0.1) is 5.41 Å². The number of aromatic nitrogens is 6. The predicted molar refractivity (Wildman–Crippen MR) is 172 cm³/mol. The van der Waals surface area contributed by atoms with Crippen LogP contribution in [-0.2, 0) is 20.4 Å². The van der Waals surface area contributed by atoms with Crippen molar-refractivity contribution in [2.75, 3.05) is 50.7 Å². The summed E-state index contributed by atoms with van der Waals surface area (Å²) in [5.41, 5.74) is 0.871. The largest absolute Gasteiger partial charge is 0.466 e. The minimum atomic E-state index is -4.58. The number of hydrogen-bond donors (Lipinski definition) is 2. The van der Waals surface area contributed by atoms with Crippen LogP contribution in [-0.4, -0.2) is 82.3 Å². The number of imidazole rings is 1. The molecule has 0 aliphatic heterocycles. The Balaban J connectivity index is 1.34. The van der Waals surface area contributed by atoms with E-state index in [9.17, 15) is 22.8 Å². The van der Waals surface area contributed by atoms with Gasteiger partial charge in [-0.1, -0.05) is 12.8 Å². The van der Waals surface area contributed by atoms with E-state index in [1.807, 2.05) is 11.9 Å². The number of nitrogens with one attached hydrogen (secondary N) is 2. The fraction of sp³-hybridized carbons (Fsp3) is 0.485. The molecule has 13 nitrogen and oxygen atoms in total. The number of pyridine rings is 2. The molecule has 0 bridgehead atoms. The molecule has 16 heteroatoms. The molecule has 2 N–H and O–H groups in total. The number of aromatic amines is 1. The number of rotatable bonds is 13. The van der Waals surface area contributed by atoms with Crippen LogP contribution in [0.1, 0.15) is 73.1 Å². The Kier molecular flexibility index (Phi) is 9.68. The molecular formula is C33H37F3N8O5. The number of methoxy groups -OCH3 is 1. The lowest BCUT2D eigenvalue weighted by atomic mass is 9.86. The quantitative estimate of drug-likeness (QED) is 0.171. The van der Waals surface area contributed by atoms with Crippen molar-refractivity contribution in [3.8, 4) is 17.1 Å². The van der Waals surface area contributed by atoms with Crippen molar-refractivity contribution in [1.82, 2.24) is 29.9 Å². The minimum absolute atomic E-state index is 0.00975. The molecule has 0 spiro atoms. The van der Waals surface area contributed by atoms with Gasteiger partial charge < -0.3 is 24.1 Å². The van der Waals surface area contributed by atoms with E-state index in [2.05, 4.69) is 35.2 Å². The molecule has 4 heterocycles. The van der Waals surface area contributed by atoms with Crippen molar-refractivity contribution in [1.29, 1.82) is 0 Å². The second kappa shape index (κ2) is 13.9. The summed E-state index contributed by atoms with van der Waals surface area (Å²) in [4.78, 5) is 51.3. The number of alkyl halides is 3. The van der Waals surface area contributed by atoms with E-state index >= 15 is 0 Å². The standard InChI is InChI=1S/C33H37F3N8O5/c1-4-48-26(45)15-49-25-13-23(38-18-39-25)30(46)43-31-41-28-24(44(2)16-32(17-47-3)9-5-6-10-32)12-22(40-29(28)42-31)20-11-21(33(34,35)36)27(37-14-20)19-7-8-19/h11-14,18-19H,4-10,15-17H2,1-3H3,(H2,40,41,42,43,46). The average Bonchev–Trinajstić information content (AvgIpc) is 3.69. The van der Waals surface area contributed by atoms with Crippen molar-refractivity contribution in [2.24, 2.45) is 5.41 Å². The number of carbonyl (C=O) groups is 2. The highest BCUT2D eigenvalue weighted by Gasteiger charge is 2.40. The van der Waals surface area contributed by atoms with Gasteiger partial charge in [-0.15, -0.1) is 0 Å². The highest BCUT2D eigenvalue weighted by molar-refractivity contribution is 6.03. The Labute approximate surface area is 280 Å². The highest BCUT2D eigenvalue weighted by Crippen LogP contribution is 2.46. The molecule has 0 aromatic carbocycles. The maximum absolute atomic E-state index is 14.2. The molecule has 2 saturated carbocycles. The molecule has 0 radical (unpaired) electrons. The normalized spacial score (nSPS) is 15.7. The van der Waals surface area contributed by atoms with Gasteiger partial charge in [0.05, 0.1) is 35.9 Å². The molecule has 0 saturated heterocycles. The zero-order valence-corrected chi connectivity index (χ0v) is 27.4. The molecule has 2 fully saturated rings. The summed E-state index contributed by atoms with van der Waals surface area (Å²) in [7, 11) is 3.58. The van der Waals surface area contributed by atoms with Crippen LogP contribution in [0.4, 0.5) is 24.8 Å². The predicted octanol–water partition coefficient (Wildman–Crippen LogP) is 5.54. The van der Waals surface area contributed by atoms with Crippen LogP contribution in [0.3, 0.4) is 0 Å². The molecule has 2 aliphatic rings. The molecule has 6 rings (SSSR count). The Morgan fingerprint density at radius 2 is 1.88 bits per heavy atom. The number of H-pyrrole nitrogens is 1. The van der Waals surface area contributed by atoms with Crippen LogP contribution >= 0.6 is 0 Å². The van der Waals surface area contributed by atoms with Crippen molar-refractivity contribution >= 4 is 34.7 Å². The Morgan fingerprint density at radius 1 is 1.10 bits per heavy atom. The smallest absolute Gasteiger partial charge is 0.418 e. The first-order valence-electron chi connectivity index (χ1n) is 16.1. The summed E-state index contributed by atoms with van der Waals surface area (Å²) in [6.07, 6.45) is 3.42. The summed E-state index contributed by atoms with van der Waals surface area (Å²) < 4.78 is 58.2. The van der Waals surface area contributed by atoms with Gasteiger partial charge in [0.2, 0.25) is 11.8 Å². The molecule has 2 aliphatic carbocycles. The van der Waals surface area contributed by atoms with E-state index in [1.54, 1.807) is 20.1 Å². The van der Waals surface area contributed by atoms with Crippen LogP contribution in [0.5, 0.6) is 5.88 Å². The van der Waals surface area contributed by atoms with Gasteiger partial charge in [-0.05, 0) is 44.7 Å². The molecular weight excluding hydrogens is 645 g/mol. The first-order chi connectivity index (χ1) is 23.5.